The lowest BCUT2D eigenvalue weighted by atomic mass is 10.2. The molecule has 0 aromatic carbocycles. The van der Waals surface area contributed by atoms with E-state index in [0.717, 1.165) is 5.56 Å². The zero-order valence-electron chi connectivity index (χ0n) is 9.71. The second-order valence-corrected chi connectivity index (χ2v) is 3.69. The molecule has 0 aliphatic carbocycles. The highest BCUT2D eigenvalue weighted by molar-refractivity contribution is 6.03. The number of nitriles is 1. The highest BCUT2D eigenvalue weighted by Gasteiger charge is 2.08. The van der Waals surface area contributed by atoms with E-state index in [0.29, 0.717) is 11.3 Å². The Labute approximate surface area is 104 Å². The molecule has 0 saturated carbocycles. The van der Waals surface area contributed by atoms with Crippen LogP contribution in [0, 0.1) is 18.3 Å². The van der Waals surface area contributed by atoms with E-state index in [1.54, 1.807) is 24.5 Å². The van der Waals surface area contributed by atoms with E-state index in [4.69, 9.17) is 5.26 Å². The van der Waals surface area contributed by atoms with E-state index in [9.17, 15) is 4.79 Å². The average Bonchev–Trinajstić information content (AvgIpc) is 2.41. The van der Waals surface area contributed by atoms with E-state index in [2.05, 4.69) is 15.3 Å². The van der Waals surface area contributed by atoms with Crippen molar-refractivity contribution in [2.75, 3.05) is 5.32 Å². The maximum atomic E-state index is 11.9. The van der Waals surface area contributed by atoms with Gasteiger partial charge in [-0.15, -0.1) is 0 Å². The van der Waals surface area contributed by atoms with Crippen molar-refractivity contribution in [1.82, 2.24) is 9.97 Å². The molecule has 0 saturated heterocycles. The second kappa shape index (κ2) is 5.06. The first-order valence-electron chi connectivity index (χ1n) is 5.29. The van der Waals surface area contributed by atoms with Gasteiger partial charge >= 0.3 is 0 Å². The van der Waals surface area contributed by atoms with Crippen LogP contribution in [-0.4, -0.2) is 15.9 Å². The third-order valence-corrected chi connectivity index (χ3v) is 2.39. The van der Waals surface area contributed by atoms with Crippen LogP contribution in [-0.2, 0) is 0 Å². The number of anilines is 1. The van der Waals surface area contributed by atoms with Crippen molar-refractivity contribution < 1.29 is 4.79 Å². The average molecular weight is 238 g/mol. The summed E-state index contributed by atoms with van der Waals surface area (Å²) in [5.41, 5.74) is 2.26. The van der Waals surface area contributed by atoms with Gasteiger partial charge in [0, 0.05) is 24.3 Å². The summed E-state index contributed by atoms with van der Waals surface area (Å²) in [5.74, 6) is -0.311. The number of pyridine rings is 2. The SMILES string of the molecule is Cc1cnccc1NC(=O)c1ccc(C#N)cn1. The van der Waals surface area contributed by atoms with Crippen LogP contribution in [0.5, 0.6) is 0 Å². The molecule has 0 fully saturated rings. The number of aryl methyl sites for hydroxylation is 1. The quantitative estimate of drug-likeness (QED) is 0.866. The van der Waals surface area contributed by atoms with E-state index >= 15 is 0 Å². The van der Waals surface area contributed by atoms with Gasteiger partial charge in [0.05, 0.1) is 5.56 Å². The monoisotopic (exact) mass is 238 g/mol. The number of hydrogen-bond donors (Lipinski definition) is 1. The number of amides is 1. The highest BCUT2D eigenvalue weighted by Crippen LogP contribution is 2.12. The van der Waals surface area contributed by atoms with E-state index in [-0.39, 0.29) is 11.6 Å². The van der Waals surface area contributed by atoms with Crippen LogP contribution in [0.4, 0.5) is 5.69 Å². The number of nitrogens with zero attached hydrogens (tertiary/aromatic N) is 3. The van der Waals surface area contributed by atoms with Crippen molar-refractivity contribution in [1.29, 1.82) is 5.26 Å². The summed E-state index contributed by atoms with van der Waals surface area (Å²) >= 11 is 0. The van der Waals surface area contributed by atoms with E-state index in [1.165, 1.54) is 12.3 Å². The highest BCUT2D eigenvalue weighted by atomic mass is 16.1. The molecule has 5 nitrogen and oxygen atoms in total. The molecule has 0 aliphatic rings. The number of carbonyl (C=O) groups excluding carboxylic acids is 1. The lowest BCUT2D eigenvalue weighted by Crippen LogP contribution is -2.14. The Morgan fingerprint density at radius 2 is 2.17 bits per heavy atom. The molecule has 1 N–H and O–H groups in total. The van der Waals surface area contributed by atoms with Crippen LogP contribution in [0.2, 0.25) is 0 Å². The van der Waals surface area contributed by atoms with Crippen molar-refractivity contribution in [2.24, 2.45) is 0 Å². The third-order valence-electron chi connectivity index (χ3n) is 2.39. The fraction of sp³-hybridized carbons (Fsp3) is 0.0769. The second-order valence-electron chi connectivity index (χ2n) is 3.69. The first-order chi connectivity index (χ1) is 8.70. The van der Waals surface area contributed by atoms with Gasteiger partial charge in [0.15, 0.2) is 0 Å². The fourth-order valence-electron chi connectivity index (χ4n) is 1.39. The van der Waals surface area contributed by atoms with Crippen LogP contribution in [0.15, 0.2) is 36.8 Å². The number of hydrogen-bond acceptors (Lipinski definition) is 4. The molecule has 2 aromatic rings. The van der Waals surface area contributed by atoms with Gasteiger partial charge in [0.25, 0.3) is 5.91 Å². The molecule has 2 aromatic heterocycles. The standard InChI is InChI=1S/C13H10N4O/c1-9-7-15-5-4-11(9)17-13(18)12-3-2-10(6-14)8-16-12/h2-5,7-8H,1H3,(H,15,17,18). The predicted octanol–water partition coefficient (Wildman–Crippen LogP) is 1.91. The molecule has 0 bridgehead atoms. The largest absolute Gasteiger partial charge is 0.320 e. The molecule has 0 unspecified atom stereocenters. The summed E-state index contributed by atoms with van der Waals surface area (Å²) in [7, 11) is 0. The molecule has 88 valence electrons. The van der Waals surface area contributed by atoms with Gasteiger partial charge in [-0.1, -0.05) is 0 Å². The molecule has 0 atom stereocenters. The minimum atomic E-state index is -0.311. The Morgan fingerprint density at radius 3 is 2.78 bits per heavy atom. The van der Waals surface area contributed by atoms with Gasteiger partial charge < -0.3 is 5.32 Å². The smallest absolute Gasteiger partial charge is 0.274 e. The van der Waals surface area contributed by atoms with Crippen molar-refractivity contribution in [3.8, 4) is 6.07 Å². The van der Waals surface area contributed by atoms with Gasteiger partial charge in [-0.25, -0.2) is 4.98 Å². The Bertz CT molecular complexity index is 614. The minimum absolute atomic E-state index is 0.269. The van der Waals surface area contributed by atoms with Crippen LogP contribution in [0.3, 0.4) is 0 Å². The number of nitrogens with one attached hydrogen (secondary N) is 1. The van der Waals surface area contributed by atoms with Crippen LogP contribution < -0.4 is 5.32 Å². The van der Waals surface area contributed by atoms with Gasteiger partial charge in [-0.2, -0.15) is 5.26 Å². The molecular weight excluding hydrogens is 228 g/mol. The molecule has 0 aliphatic heterocycles. The number of carbonyl (C=O) groups is 1. The lowest BCUT2D eigenvalue weighted by molar-refractivity contribution is 0.102. The summed E-state index contributed by atoms with van der Waals surface area (Å²) in [6, 6.07) is 6.74. The minimum Gasteiger partial charge on any atom is -0.320 e. The van der Waals surface area contributed by atoms with Crippen LogP contribution in [0.1, 0.15) is 21.6 Å². The van der Waals surface area contributed by atoms with Crippen molar-refractivity contribution in [3.05, 3.63) is 53.6 Å². The lowest BCUT2D eigenvalue weighted by Gasteiger charge is -2.06. The zero-order chi connectivity index (χ0) is 13.0. The van der Waals surface area contributed by atoms with Crippen molar-refractivity contribution in [3.63, 3.8) is 0 Å². The summed E-state index contributed by atoms with van der Waals surface area (Å²) < 4.78 is 0. The van der Waals surface area contributed by atoms with Crippen LogP contribution >= 0.6 is 0 Å². The normalized spacial score (nSPS) is 9.56. The molecule has 0 spiro atoms. The van der Waals surface area contributed by atoms with Crippen LogP contribution in [0.25, 0.3) is 0 Å². The molecular formula is C13H10N4O. The molecule has 0 radical (unpaired) electrons. The van der Waals surface area contributed by atoms with Gasteiger partial charge in [0.1, 0.15) is 11.8 Å². The third kappa shape index (κ3) is 2.50. The van der Waals surface area contributed by atoms with E-state index < -0.39 is 0 Å². The van der Waals surface area contributed by atoms with Crippen molar-refractivity contribution >= 4 is 11.6 Å². The van der Waals surface area contributed by atoms with Gasteiger partial charge in [-0.3, -0.25) is 9.78 Å². The summed E-state index contributed by atoms with van der Waals surface area (Å²) in [4.78, 5) is 19.8. The predicted molar refractivity (Wildman–Crippen MR) is 65.9 cm³/mol. The zero-order valence-corrected chi connectivity index (χ0v) is 9.71. The van der Waals surface area contributed by atoms with Gasteiger partial charge in [0.2, 0.25) is 0 Å². The summed E-state index contributed by atoms with van der Waals surface area (Å²) in [6.45, 7) is 1.86. The molecule has 2 heterocycles. The molecule has 2 rings (SSSR count). The maximum Gasteiger partial charge on any atom is 0.274 e. The Morgan fingerprint density at radius 1 is 1.33 bits per heavy atom. The van der Waals surface area contributed by atoms with Crippen molar-refractivity contribution in [2.45, 2.75) is 6.92 Å². The summed E-state index contributed by atoms with van der Waals surface area (Å²) in [6.07, 6.45) is 4.64. The fourth-order valence-corrected chi connectivity index (χ4v) is 1.39. The Hall–Kier alpha value is -2.74. The Kier molecular flexibility index (Phi) is 3.30. The topological polar surface area (TPSA) is 78.7 Å². The molecule has 5 heteroatoms. The first-order valence-corrected chi connectivity index (χ1v) is 5.29. The first kappa shape index (κ1) is 11.7. The molecule has 18 heavy (non-hydrogen) atoms. The van der Waals surface area contributed by atoms with Gasteiger partial charge in [-0.05, 0) is 30.7 Å². The number of rotatable bonds is 2. The number of aromatic nitrogens is 2. The van der Waals surface area contributed by atoms with E-state index in [1.807, 2.05) is 13.0 Å². The Balaban J connectivity index is 2.17. The molecule has 1 amide bonds. The maximum absolute atomic E-state index is 11.9. The summed E-state index contributed by atoms with van der Waals surface area (Å²) in [5, 5.41) is 11.4.